The van der Waals surface area contributed by atoms with Crippen molar-refractivity contribution in [2.24, 2.45) is 4.99 Å². The number of aromatic nitrogens is 3. The lowest BCUT2D eigenvalue weighted by Crippen LogP contribution is -2.42. The van der Waals surface area contributed by atoms with Crippen LogP contribution in [0.4, 0.5) is 5.69 Å². The summed E-state index contributed by atoms with van der Waals surface area (Å²) in [6.45, 7) is 11.0. The molecule has 0 saturated heterocycles. The van der Waals surface area contributed by atoms with Gasteiger partial charge in [0.2, 0.25) is 0 Å². The van der Waals surface area contributed by atoms with Gasteiger partial charge in [-0.05, 0) is 43.7 Å². The summed E-state index contributed by atoms with van der Waals surface area (Å²) in [4.78, 5) is 7.03. The van der Waals surface area contributed by atoms with Crippen LogP contribution in [-0.2, 0) is 19.5 Å². The average molecular weight is 424 g/mol. The predicted octanol–water partition coefficient (Wildman–Crippen LogP) is 3.00. The van der Waals surface area contributed by atoms with Crippen LogP contribution in [0.3, 0.4) is 0 Å². The van der Waals surface area contributed by atoms with Gasteiger partial charge >= 0.3 is 0 Å². The molecule has 0 aliphatic carbocycles. The Kier molecular flexibility index (Phi) is 8.51. The molecule has 1 aromatic carbocycles. The topological polar surface area (TPSA) is 83.5 Å². The number of nitrogens with zero attached hydrogens (tertiary/aromatic N) is 5. The zero-order chi connectivity index (χ0) is 21.9. The van der Waals surface area contributed by atoms with Crippen LogP contribution in [0.15, 0.2) is 58.4 Å². The van der Waals surface area contributed by atoms with Crippen molar-refractivity contribution in [3.05, 3.63) is 66.1 Å². The first kappa shape index (κ1) is 22.4. The fraction of sp³-hybridized carbons (Fsp3) is 0.435. The van der Waals surface area contributed by atoms with Crippen LogP contribution >= 0.6 is 0 Å². The van der Waals surface area contributed by atoms with Gasteiger partial charge in [-0.2, -0.15) is 0 Å². The third-order valence-electron chi connectivity index (χ3n) is 5.05. The Labute approximate surface area is 184 Å². The summed E-state index contributed by atoms with van der Waals surface area (Å²) >= 11 is 0. The minimum atomic E-state index is 0.491. The molecule has 0 fully saturated rings. The molecule has 0 atom stereocenters. The second-order valence-corrected chi connectivity index (χ2v) is 7.31. The Morgan fingerprint density at radius 3 is 2.77 bits per heavy atom. The molecule has 0 radical (unpaired) electrons. The van der Waals surface area contributed by atoms with E-state index in [0.29, 0.717) is 6.54 Å². The van der Waals surface area contributed by atoms with Gasteiger partial charge in [-0.3, -0.25) is 0 Å². The molecule has 0 saturated carbocycles. The fourth-order valence-corrected chi connectivity index (χ4v) is 3.37. The highest BCUT2D eigenvalue weighted by atomic mass is 16.3. The highest BCUT2D eigenvalue weighted by Gasteiger charge is 2.07. The second-order valence-electron chi connectivity index (χ2n) is 7.31. The summed E-state index contributed by atoms with van der Waals surface area (Å²) < 4.78 is 7.48. The third-order valence-corrected chi connectivity index (χ3v) is 5.05. The molecule has 2 aromatic heterocycles. The van der Waals surface area contributed by atoms with E-state index in [1.54, 1.807) is 12.6 Å². The third kappa shape index (κ3) is 6.87. The van der Waals surface area contributed by atoms with Gasteiger partial charge in [0.1, 0.15) is 24.5 Å². The summed E-state index contributed by atoms with van der Waals surface area (Å²) in [5, 5.41) is 15.0. The summed E-state index contributed by atoms with van der Waals surface area (Å²) in [5.74, 6) is 2.59. The maximum atomic E-state index is 5.42. The Bertz CT molecular complexity index is 933. The van der Waals surface area contributed by atoms with E-state index in [2.05, 4.69) is 80.3 Å². The van der Waals surface area contributed by atoms with Crippen molar-refractivity contribution in [1.82, 2.24) is 25.4 Å². The molecule has 2 heterocycles. The Balaban J connectivity index is 1.56. The van der Waals surface area contributed by atoms with E-state index < -0.39 is 0 Å². The molecule has 0 amide bonds. The van der Waals surface area contributed by atoms with E-state index in [1.807, 2.05) is 12.1 Å². The molecule has 3 rings (SSSR count). The highest BCUT2D eigenvalue weighted by Crippen LogP contribution is 2.15. The zero-order valence-corrected chi connectivity index (χ0v) is 18.7. The molecule has 3 aromatic rings. The number of aryl methyl sites for hydroxylation is 2. The predicted molar refractivity (Wildman–Crippen MR) is 124 cm³/mol. The van der Waals surface area contributed by atoms with Gasteiger partial charge in [-0.15, -0.1) is 10.2 Å². The molecule has 2 N–H and O–H groups in total. The molecule has 31 heavy (non-hydrogen) atoms. The summed E-state index contributed by atoms with van der Waals surface area (Å²) in [6, 6.07) is 12.4. The van der Waals surface area contributed by atoms with Gasteiger partial charge in [0.25, 0.3) is 0 Å². The van der Waals surface area contributed by atoms with Crippen molar-refractivity contribution in [2.75, 3.05) is 31.1 Å². The highest BCUT2D eigenvalue weighted by molar-refractivity contribution is 5.79. The minimum absolute atomic E-state index is 0.491. The lowest BCUT2D eigenvalue weighted by Gasteiger charge is -2.24. The molecule has 0 aliphatic heterocycles. The lowest BCUT2D eigenvalue weighted by molar-refractivity contribution is 0.511. The van der Waals surface area contributed by atoms with E-state index in [0.717, 1.165) is 56.7 Å². The van der Waals surface area contributed by atoms with Crippen LogP contribution in [0, 0.1) is 6.92 Å². The van der Waals surface area contributed by atoms with Crippen LogP contribution < -0.4 is 15.5 Å². The first-order chi connectivity index (χ1) is 15.2. The number of aliphatic imine (C=N–C) groups is 1. The van der Waals surface area contributed by atoms with Crippen LogP contribution in [-0.4, -0.2) is 46.9 Å². The number of likely N-dealkylation sites (N-methyl/N-ethyl adjacent to an activating group) is 1. The normalized spacial score (nSPS) is 11.5. The molecule has 0 spiro atoms. The van der Waals surface area contributed by atoms with Gasteiger partial charge in [0.15, 0.2) is 5.96 Å². The van der Waals surface area contributed by atoms with Crippen molar-refractivity contribution in [2.45, 2.75) is 40.3 Å². The molecular formula is C23H33N7O. The van der Waals surface area contributed by atoms with Crippen molar-refractivity contribution in [3.63, 3.8) is 0 Å². The van der Waals surface area contributed by atoms with E-state index in [4.69, 9.17) is 4.42 Å². The SMILES string of the molecule is CCc1nncn1CCNC(=NCc1ccco1)NCCN(CC)c1cccc(C)c1. The van der Waals surface area contributed by atoms with Gasteiger partial charge < -0.3 is 24.5 Å². The standard InChI is InChI=1S/C23H33N7O/c1-4-22-28-27-18-30(22)14-12-25-23(26-17-21-10-7-15-31-21)24-11-13-29(5-2)20-9-6-8-19(3)16-20/h6-10,15-16,18H,4-5,11-14,17H2,1-3H3,(H2,24,25,26). The van der Waals surface area contributed by atoms with E-state index >= 15 is 0 Å². The van der Waals surface area contributed by atoms with E-state index in [-0.39, 0.29) is 0 Å². The molecule has 0 unspecified atom stereocenters. The number of hydrogen-bond acceptors (Lipinski definition) is 5. The van der Waals surface area contributed by atoms with Crippen LogP contribution in [0.1, 0.15) is 31.0 Å². The minimum Gasteiger partial charge on any atom is -0.467 e. The first-order valence-electron chi connectivity index (χ1n) is 10.9. The number of rotatable bonds is 11. The Morgan fingerprint density at radius 2 is 2.03 bits per heavy atom. The second kappa shape index (κ2) is 11.8. The number of anilines is 1. The Morgan fingerprint density at radius 1 is 1.16 bits per heavy atom. The molecular weight excluding hydrogens is 390 g/mol. The molecule has 8 heteroatoms. The van der Waals surface area contributed by atoms with Crippen molar-refractivity contribution in [1.29, 1.82) is 0 Å². The maximum Gasteiger partial charge on any atom is 0.191 e. The maximum absolute atomic E-state index is 5.42. The Hall–Kier alpha value is -3.29. The average Bonchev–Trinajstić information content (AvgIpc) is 3.46. The quantitative estimate of drug-likeness (QED) is 0.364. The van der Waals surface area contributed by atoms with Crippen LogP contribution in [0.5, 0.6) is 0 Å². The van der Waals surface area contributed by atoms with Crippen LogP contribution in [0.25, 0.3) is 0 Å². The lowest BCUT2D eigenvalue weighted by atomic mass is 10.2. The zero-order valence-electron chi connectivity index (χ0n) is 18.7. The smallest absolute Gasteiger partial charge is 0.191 e. The van der Waals surface area contributed by atoms with Crippen molar-refractivity contribution in [3.8, 4) is 0 Å². The van der Waals surface area contributed by atoms with Gasteiger partial charge in [-0.25, -0.2) is 4.99 Å². The molecule has 0 aliphatic rings. The fourth-order valence-electron chi connectivity index (χ4n) is 3.37. The van der Waals surface area contributed by atoms with Crippen molar-refractivity contribution >= 4 is 11.6 Å². The van der Waals surface area contributed by atoms with Gasteiger partial charge in [0, 0.05) is 44.8 Å². The molecule has 0 bridgehead atoms. The number of hydrogen-bond donors (Lipinski definition) is 2. The number of benzene rings is 1. The van der Waals surface area contributed by atoms with Crippen LogP contribution in [0.2, 0.25) is 0 Å². The number of nitrogens with one attached hydrogen (secondary N) is 2. The van der Waals surface area contributed by atoms with E-state index in [9.17, 15) is 0 Å². The first-order valence-corrected chi connectivity index (χ1v) is 10.9. The van der Waals surface area contributed by atoms with Gasteiger partial charge in [0.05, 0.1) is 6.26 Å². The molecule has 8 nitrogen and oxygen atoms in total. The summed E-state index contributed by atoms with van der Waals surface area (Å²) in [7, 11) is 0. The largest absolute Gasteiger partial charge is 0.467 e. The van der Waals surface area contributed by atoms with E-state index in [1.165, 1.54) is 11.3 Å². The number of furan rings is 1. The number of guanidine groups is 1. The monoisotopic (exact) mass is 423 g/mol. The summed E-state index contributed by atoms with van der Waals surface area (Å²) in [5.41, 5.74) is 2.51. The molecule has 166 valence electrons. The van der Waals surface area contributed by atoms with Gasteiger partial charge in [-0.1, -0.05) is 19.1 Å². The van der Waals surface area contributed by atoms with Crippen molar-refractivity contribution < 1.29 is 4.42 Å². The summed E-state index contributed by atoms with van der Waals surface area (Å²) in [6.07, 6.45) is 4.31.